The fourth-order valence-corrected chi connectivity index (χ4v) is 7.15. The van der Waals surface area contributed by atoms with Crippen LogP contribution in [-0.2, 0) is 22.1 Å². The lowest BCUT2D eigenvalue weighted by Gasteiger charge is -2.36. The number of aliphatic imine (C=N–C) groups is 1. The zero-order valence-electron chi connectivity index (χ0n) is 30.7. The topological polar surface area (TPSA) is 172 Å². The summed E-state index contributed by atoms with van der Waals surface area (Å²) >= 11 is 0. The van der Waals surface area contributed by atoms with Gasteiger partial charge in [-0.3, -0.25) is 14.1 Å². The molecule has 280 valence electrons. The van der Waals surface area contributed by atoms with Gasteiger partial charge in [0.1, 0.15) is 5.84 Å². The molecule has 1 fully saturated rings. The van der Waals surface area contributed by atoms with Crippen molar-refractivity contribution in [3.8, 4) is 0 Å². The molecule has 3 heterocycles. The number of benzene rings is 2. The number of carbonyl (C=O) groups excluding carboxylic acids is 1. The largest absolute Gasteiger partial charge is 0.401 e. The fourth-order valence-electron chi connectivity index (χ4n) is 6.79. The Bertz CT molecular complexity index is 1830. The molecular formula is C38H52N8O5S. The van der Waals surface area contributed by atoms with Crippen molar-refractivity contribution >= 4 is 40.4 Å². The van der Waals surface area contributed by atoms with Crippen molar-refractivity contribution in [3.63, 3.8) is 0 Å². The van der Waals surface area contributed by atoms with Crippen molar-refractivity contribution in [2.45, 2.75) is 97.2 Å². The van der Waals surface area contributed by atoms with Crippen molar-refractivity contribution in [1.29, 1.82) is 0 Å². The number of ether oxygens (including phenoxy) is 1. The first-order chi connectivity index (χ1) is 24.7. The molecule has 6 rings (SSSR count). The number of piperidine rings is 1. The Balaban J connectivity index is 1.15. The van der Waals surface area contributed by atoms with E-state index >= 15 is 0 Å². The molecule has 3 aromatic rings. The molecule has 1 aliphatic carbocycles. The van der Waals surface area contributed by atoms with Crippen LogP contribution in [0.5, 0.6) is 0 Å². The van der Waals surface area contributed by atoms with Gasteiger partial charge in [0.25, 0.3) is 0 Å². The summed E-state index contributed by atoms with van der Waals surface area (Å²) in [5.41, 5.74) is 9.91. The predicted molar refractivity (Wildman–Crippen MR) is 206 cm³/mol. The molecule has 1 saturated heterocycles. The van der Waals surface area contributed by atoms with Crippen LogP contribution < -0.4 is 21.3 Å². The second-order valence-corrected chi connectivity index (χ2v) is 16.7. The smallest absolute Gasteiger partial charge is 0.320 e. The van der Waals surface area contributed by atoms with Gasteiger partial charge in [-0.2, -0.15) is 0 Å². The number of nitrogens with one attached hydrogen (secondary N) is 2. The van der Waals surface area contributed by atoms with Crippen LogP contribution in [0.3, 0.4) is 0 Å². The molecule has 52 heavy (non-hydrogen) atoms. The van der Waals surface area contributed by atoms with Gasteiger partial charge in [-0.15, -0.1) is 10.2 Å². The lowest BCUT2D eigenvalue weighted by molar-refractivity contribution is -0.00876. The number of amidine groups is 1. The normalized spacial score (nSPS) is 22.8. The van der Waals surface area contributed by atoms with Crippen molar-refractivity contribution in [2.75, 3.05) is 17.7 Å². The minimum atomic E-state index is -3.11. The maximum atomic E-state index is 13.6. The average molecular weight is 733 g/mol. The summed E-state index contributed by atoms with van der Waals surface area (Å²) in [6.07, 6.45) is 11.7. The van der Waals surface area contributed by atoms with E-state index in [1.165, 1.54) is 12.7 Å². The van der Waals surface area contributed by atoms with E-state index in [9.17, 15) is 13.9 Å². The molecule has 0 radical (unpaired) electrons. The molecule has 13 nitrogen and oxygen atoms in total. The van der Waals surface area contributed by atoms with Gasteiger partial charge < -0.3 is 29.8 Å². The molecule has 2 aliphatic heterocycles. The summed E-state index contributed by atoms with van der Waals surface area (Å²) in [5.74, 6) is 2.04. The zero-order valence-corrected chi connectivity index (χ0v) is 31.5. The minimum Gasteiger partial charge on any atom is -0.401 e. The van der Waals surface area contributed by atoms with Gasteiger partial charge >= 0.3 is 6.03 Å². The van der Waals surface area contributed by atoms with E-state index in [4.69, 9.17) is 19.6 Å². The van der Waals surface area contributed by atoms with Gasteiger partial charge in [0, 0.05) is 36.0 Å². The molecule has 3 aliphatic rings. The molecule has 14 heteroatoms. The van der Waals surface area contributed by atoms with Gasteiger partial charge in [0.05, 0.1) is 48.0 Å². The van der Waals surface area contributed by atoms with Crippen LogP contribution in [0.2, 0.25) is 0 Å². The Kier molecular flexibility index (Phi) is 11.4. The number of anilines is 1. The van der Waals surface area contributed by atoms with Gasteiger partial charge in [0.15, 0.2) is 5.82 Å². The highest BCUT2D eigenvalue weighted by atomic mass is 32.3. The average Bonchev–Trinajstić information content (AvgIpc) is 3.51. The van der Waals surface area contributed by atoms with E-state index in [1.807, 2.05) is 45.0 Å². The first kappa shape index (κ1) is 37.5. The van der Waals surface area contributed by atoms with E-state index in [2.05, 4.69) is 49.4 Å². The third kappa shape index (κ3) is 9.41. The summed E-state index contributed by atoms with van der Waals surface area (Å²) in [7, 11) is -3.11. The molecule has 0 bridgehead atoms. The number of hydrogen-bond acceptors (Lipinski definition) is 10. The summed E-state index contributed by atoms with van der Waals surface area (Å²) in [6.45, 7) is 9.83. The fraction of sp³-hybridized carbons (Fsp3) is 0.474. The molecule has 2 amide bonds. The third-order valence-corrected chi connectivity index (χ3v) is 10.3. The van der Waals surface area contributed by atoms with E-state index < -0.39 is 16.9 Å². The second kappa shape index (κ2) is 15.8. The SMILES string of the molecule is C[C@@H]1CCCCN1c1nnc2n1CC(OC1CC[C@H](NC(=O)NC(C=C(N)C(C)(C)C)=Nc3cccc(COS(C)(O)O)c3)c3ccccc31)C=C2. The molecule has 6 N–H and O–H groups in total. The van der Waals surface area contributed by atoms with Crippen LogP contribution in [0, 0.1) is 5.41 Å². The molecular weight excluding hydrogens is 681 g/mol. The van der Waals surface area contributed by atoms with Gasteiger partial charge in [-0.05, 0) is 73.9 Å². The third-order valence-electron chi connectivity index (χ3n) is 9.73. The number of carbonyl (C=O) groups is 1. The summed E-state index contributed by atoms with van der Waals surface area (Å²) in [5, 5.41) is 15.1. The number of allylic oxidation sites excluding steroid dienone is 1. The Morgan fingerprint density at radius 3 is 2.63 bits per heavy atom. The van der Waals surface area contributed by atoms with Crippen LogP contribution in [0.25, 0.3) is 6.08 Å². The molecule has 1 aromatic heterocycles. The highest BCUT2D eigenvalue weighted by Gasteiger charge is 2.32. The summed E-state index contributed by atoms with van der Waals surface area (Å²) in [6, 6.07) is 15.0. The number of urea groups is 1. The first-order valence-electron chi connectivity index (χ1n) is 18.0. The molecule has 0 saturated carbocycles. The standard InChI is InChI=1S/C38H52N8O5S/c1-25-11-8-9-20-45(25)37-44-43-35-19-16-28(23-46(35)37)51-32-18-17-31(29-14-6-7-15-30(29)32)41-36(47)42-34(22-33(39)38(2,3)4)40-27-13-10-12-26(21-27)24-50-52(5,48)49/h6-7,10,12-16,19,21-22,25,28,31-32,48-49H,8-9,11,17-18,20,23-24,39H2,1-5H3,(H2,40,41,42,47)/t25-,28?,31+,32?/m1/s1. The highest BCUT2D eigenvalue weighted by molar-refractivity contribution is 8.19. The Morgan fingerprint density at radius 1 is 1.10 bits per heavy atom. The summed E-state index contributed by atoms with van der Waals surface area (Å²) < 4.78 is 33.4. The maximum Gasteiger partial charge on any atom is 0.320 e. The van der Waals surface area contributed by atoms with Gasteiger partial charge in [-0.1, -0.05) is 63.2 Å². The molecule has 4 atom stereocenters. The molecule has 2 aromatic carbocycles. The van der Waals surface area contributed by atoms with Crippen molar-refractivity contribution < 1.29 is 22.8 Å². The van der Waals surface area contributed by atoms with Crippen molar-refractivity contribution in [3.05, 3.63) is 88.9 Å². The Labute approximate surface area is 307 Å². The number of nitrogens with two attached hydrogens (primary N) is 1. The van der Waals surface area contributed by atoms with E-state index in [1.54, 1.807) is 30.3 Å². The lowest BCUT2D eigenvalue weighted by atomic mass is 9.85. The van der Waals surface area contributed by atoms with Crippen LogP contribution >= 0.6 is 10.9 Å². The number of fused-ring (bicyclic) bond motifs is 2. The number of nitrogens with zero attached hydrogens (tertiary/aromatic N) is 5. The van der Waals surface area contributed by atoms with Crippen LogP contribution in [0.4, 0.5) is 16.4 Å². The van der Waals surface area contributed by atoms with Crippen LogP contribution in [0.1, 0.15) is 94.5 Å². The highest BCUT2D eigenvalue weighted by Crippen LogP contribution is 2.40. The maximum absolute atomic E-state index is 13.6. The number of amides is 2. The Hall–Kier alpha value is -4.21. The van der Waals surface area contributed by atoms with Gasteiger partial charge in [0.2, 0.25) is 5.95 Å². The van der Waals surface area contributed by atoms with E-state index in [-0.39, 0.29) is 36.1 Å². The molecule has 2 unspecified atom stereocenters. The lowest BCUT2D eigenvalue weighted by Crippen LogP contribution is -2.42. The van der Waals surface area contributed by atoms with Gasteiger partial charge in [-0.25, -0.2) is 9.79 Å². The monoisotopic (exact) mass is 732 g/mol. The van der Waals surface area contributed by atoms with Crippen LogP contribution in [0.15, 0.2) is 71.4 Å². The van der Waals surface area contributed by atoms with E-state index in [0.717, 1.165) is 48.7 Å². The van der Waals surface area contributed by atoms with Crippen LogP contribution in [-0.4, -0.2) is 60.7 Å². The number of aromatic nitrogens is 3. The van der Waals surface area contributed by atoms with Crippen molar-refractivity contribution in [1.82, 2.24) is 25.4 Å². The second-order valence-electron chi connectivity index (χ2n) is 14.9. The Morgan fingerprint density at radius 2 is 1.88 bits per heavy atom. The number of rotatable bonds is 9. The van der Waals surface area contributed by atoms with Crippen molar-refractivity contribution in [2.24, 2.45) is 16.1 Å². The first-order valence-corrected chi connectivity index (χ1v) is 19.8. The molecule has 0 spiro atoms. The summed E-state index contributed by atoms with van der Waals surface area (Å²) in [4.78, 5) is 20.7. The predicted octanol–water partition coefficient (Wildman–Crippen LogP) is 7.38. The van der Waals surface area contributed by atoms with E-state index in [0.29, 0.717) is 36.0 Å². The minimum absolute atomic E-state index is 0.00499. The quantitative estimate of drug-likeness (QED) is 0.111. The zero-order chi connectivity index (χ0) is 37.0. The number of hydrogen-bond donors (Lipinski definition) is 5.